The van der Waals surface area contributed by atoms with Crippen molar-refractivity contribution in [2.24, 2.45) is 0 Å². The summed E-state index contributed by atoms with van der Waals surface area (Å²) >= 11 is 0. The molecular formula is C21H24N2O3. The van der Waals surface area contributed by atoms with Crippen LogP contribution in [0.1, 0.15) is 35.4 Å². The topological polar surface area (TPSA) is 66.6 Å². The normalized spacial score (nSPS) is 24.2. The van der Waals surface area contributed by atoms with Gasteiger partial charge in [-0.2, -0.15) is 0 Å². The van der Waals surface area contributed by atoms with Crippen molar-refractivity contribution in [3.8, 4) is 0 Å². The molecule has 1 heterocycles. The Hall–Kier alpha value is -2.24. The molecule has 2 aromatic carbocycles. The Balaban J connectivity index is 1.45. The fourth-order valence-corrected chi connectivity index (χ4v) is 4.50. The fraction of sp³-hybridized carbons (Fsp3) is 0.429. The van der Waals surface area contributed by atoms with Gasteiger partial charge in [-0.05, 0) is 55.0 Å². The Morgan fingerprint density at radius 3 is 2.42 bits per heavy atom. The molecule has 2 atom stereocenters. The molecular weight excluding hydrogens is 328 g/mol. The van der Waals surface area contributed by atoms with Crippen LogP contribution in [0.15, 0.2) is 48.5 Å². The van der Waals surface area contributed by atoms with E-state index < -0.39 is 6.10 Å². The van der Waals surface area contributed by atoms with Crippen molar-refractivity contribution in [1.82, 2.24) is 4.90 Å². The molecule has 0 unspecified atom stereocenters. The highest BCUT2D eigenvalue weighted by Crippen LogP contribution is 2.33. The van der Waals surface area contributed by atoms with Crippen molar-refractivity contribution in [3.05, 3.63) is 75.3 Å². The predicted octanol–water partition coefficient (Wildman–Crippen LogP) is 3.30. The SMILES string of the molecule is O=[N+]([O-])c1ccc2c(c1)C[C@@H](N1CCC(c3ccccc3)CC1)[C@H](O)C2. The zero-order valence-corrected chi connectivity index (χ0v) is 14.8. The predicted molar refractivity (Wildman–Crippen MR) is 100 cm³/mol. The monoisotopic (exact) mass is 352 g/mol. The number of nitro groups is 1. The summed E-state index contributed by atoms with van der Waals surface area (Å²) in [6.45, 7) is 1.93. The molecule has 1 N–H and O–H groups in total. The summed E-state index contributed by atoms with van der Waals surface area (Å²) in [7, 11) is 0. The van der Waals surface area contributed by atoms with Crippen LogP contribution in [-0.4, -0.2) is 40.2 Å². The van der Waals surface area contributed by atoms with Gasteiger partial charge in [0, 0.05) is 24.6 Å². The Labute approximate surface area is 153 Å². The van der Waals surface area contributed by atoms with Gasteiger partial charge in [0.15, 0.2) is 0 Å². The molecule has 4 rings (SSSR count). The zero-order valence-electron chi connectivity index (χ0n) is 14.8. The van der Waals surface area contributed by atoms with Crippen molar-refractivity contribution in [2.45, 2.75) is 43.7 Å². The highest BCUT2D eigenvalue weighted by Gasteiger charge is 2.34. The molecule has 0 aromatic heterocycles. The van der Waals surface area contributed by atoms with Crippen molar-refractivity contribution in [1.29, 1.82) is 0 Å². The quantitative estimate of drug-likeness (QED) is 0.680. The van der Waals surface area contributed by atoms with Crippen LogP contribution in [0.3, 0.4) is 0 Å². The molecule has 1 fully saturated rings. The number of aliphatic hydroxyl groups excluding tert-OH is 1. The Kier molecular flexibility index (Phi) is 4.74. The summed E-state index contributed by atoms with van der Waals surface area (Å²) in [6.07, 6.45) is 3.05. The first-order valence-corrected chi connectivity index (χ1v) is 9.35. The molecule has 1 aliphatic carbocycles. The number of rotatable bonds is 3. The standard InChI is InChI=1S/C21H24N2O3/c24-21-14-17-6-7-19(23(25)26)12-18(17)13-20(21)22-10-8-16(9-11-22)15-4-2-1-3-5-15/h1-7,12,16,20-21,24H,8-11,13-14H2/t20-,21-/m1/s1. The van der Waals surface area contributed by atoms with Gasteiger partial charge in [-0.25, -0.2) is 0 Å². The number of nitrogens with zero attached hydrogens (tertiary/aromatic N) is 2. The molecule has 1 saturated heterocycles. The van der Waals surface area contributed by atoms with E-state index in [4.69, 9.17) is 0 Å². The maximum atomic E-state index is 11.1. The van der Waals surface area contributed by atoms with Crippen LogP contribution >= 0.6 is 0 Å². The number of benzene rings is 2. The molecule has 0 radical (unpaired) electrons. The van der Waals surface area contributed by atoms with Gasteiger partial charge in [-0.3, -0.25) is 15.0 Å². The summed E-state index contributed by atoms with van der Waals surface area (Å²) in [5.74, 6) is 0.585. The average molecular weight is 352 g/mol. The number of nitro benzene ring substituents is 1. The largest absolute Gasteiger partial charge is 0.391 e. The van der Waals surface area contributed by atoms with Gasteiger partial charge in [0.2, 0.25) is 0 Å². The smallest absolute Gasteiger partial charge is 0.269 e. The average Bonchev–Trinajstić information content (AvgIpc) is 2.68. The fourth-order valence-electron chi connectivity index (χ4n) is 4.50. The van der Waals surface area contributed by atoms with E-state index in [-0.39, 0.29) is 16.7 Å². The van der Waals surface area contributed by atoms with Crippen LogP contribution in [0.2, 0.25) is 0 Å². The molecule has 0 spiro atoms. The molecule has 1 aliphatic heterocycles. The number of likely N-dealkylation sites (tertiary alicyclic amines) is 1. The number of fused-ring (bicyclic) bond motifs is 1. The van der Waals surface area contributed by atoms with Crippen LogP contribution in [-0.2, 0) is 12.8 Å². The minimum Gasteiger partial charge on any atom is -0.391 e. The summed E-state index contributed by atoms with van der Waals surface area (Å²) < 4.78 is 0. The third-order valence-corrected chi connectivity index (χ3v) is 5.97. The molecule has 0 saturated carbocycles. The number of piperidine rings is 1. The van der Waals surface area contributed by atoms with Crippen LogP contribution in [0.5, 0.6) is 0 Å². The number of hydrogen-bond donors (Lipinski definition) is 1. The Bertz CT molecular complexity index is 785. The Morgan fingerprint density at radius 2 is 1.73 bits per heavy atom. The third kappa shape index (κ3) is 3.37. The first-order valence-electron chi connectivity index (χ1n) is 9.35. The summed E-state index contributed by atoms with van der Waals surface area (Å²) in [6, 6.07) is 15.7. The maximum Gasteiger partial charge on any atom is 0.269 e. The molecule has 5 nitrogen and oxygen atoms in total. The maximum absolute atomic E-state index is 11.1. The number of aliphatic hydroxyl groups is 1. The van der Waals surface area contributed by atoms with Crippen LogP contribution in [0, 0.1) is 10.1 Å². The molecule has 2 aliphatic rings. The first-order chi connectivity index (χ1) is 12.6. The third-order valence-electron chi connectivity index (χ3n) is 5.97. The summed E-state index contributed by atoms with van der Waals surface area (Å²) in [5, 5.41) is 21.7. The lowest BCUT2D eigenvalue weighted by atomic mass is 9.83. The van der Waals surface area contributed by atoms with Crippen LogP contribution < -0.4 is 0 Å². The van der Waals surface area contributed by atoms with E-state index in [1.807, 2.05) is 6.07 Å². The minimum atomic E-state index is -0.405. The van der Waals surface area contributed by atoms with E-state index in [1.54, 1.807) is 12.1 Å². The second-order valence-corrected chi connectivity index (χ2v) is 7.47. The van der Waals surface area contributed by atoms with E-state index in [0.717, 1.165) is 37.1 Å². The molecule has 136 valence electrons. The van der Waals surface area contributed by atoms with Gasteiger partial charge in [0.05, 0.1) is 11.0 Å². The van der Waals surface area contributed by atoms with Crippen molar-refractivity contribution >= 4 is 5.69 Å². The highest BCUT2D eigenvalue weighted by atomic mass is 16.6. The van der Waals surface area contributed by atoms with Gasteiger partial charge in [0.25, 0.3) is 5.69 Å². The van der Waals surface area contributed by atoms with Gasteiger partial charge in [-0.1, -0.05) is 36.4 Å². The molecule has 2 aromatic rings. The second-order valence-electron chi connectivity index (χ2n) is 7.47. The minimum absolute atomic E-state index is 0.0567. The van der Waals surface area contributed by atoms with Gasteiger partial charge in [-0.15, -0.1) is 0 Å². The summed E-state index contributed by atoms with van der Waals surface area (Å²) in [4.78, 5) is 13.1. The second kappa shape index (κ2) is 7.17. The lowest BCUT2D eigenvalue weighted by Crippen LogP contribution is -2.50. The van der Waals surface area contributed by atoms with Crippen LogP contribution in [0.4, 0.5) is 5.69 Å². The highest BCUT2D eigenvalue weighted by molar-refractivity contribution is 5.42. The molecule has 0 bridgehead atoms. The zero-order chi connectivity index (χ0) is 18.1. The van der Waals surface area contributed by atoms with Crippen molar-refractivity contribution in [2.75, 3.05) is 13.1 Å². The van der Waals surface area contributed by atoms with E-state index >= 15 is 0 Å². The first kappa shape index (κ1) is 17.2. The van der Waals surface area contributed by atoms with Gasteiger partial charge < -0.3 is 5.11 Å². The lowest BCUT2D eigenvalue weighted by molar-refractivity contribution is -0.385. The number of non-ortho nitro benzene ring substituents is 1. The van der Waals surface area contributed by atoms with E-state index in [9.17, 15) is 15.2 Å². The van der Waals surface area contributed by atoms with E-state index in [0.29, 0.717) is 18.8 Å². The van der Waals surface area contributed by atoms with Crippen LogP contribution in [0.25, 0.3) is 0 Å². The van der Waals surface area contributed by atoms with Gasteiger partial charge in [0.1, 0.15) is 0 Å². The van der Waals surface area contributed by atoms with Crippen molar-refractivity contribution < 1.29 is 10.0 Å². The van der Waals surface area contributed by atoms with Gasteiger partial charge >= 0.3 is 0 Å². The van der Waals surface area contributed by atoms with E-state index in [2.05, 4.69) is 29.2 Å². The number of hydrogen-bond acceptors (Lipinski definition) is 4. The Morgan fingerprint density at radius 1 is 1.00 bits per heavy atom. The summed E-state index contributed by atoms with van der Waals surface area (Å²) in [5.41, 5.74) is 3.59. The molecule has 0 amide bonds. The lowest BCUT2D eigenvalue weighted by Gasteiger charge is -2.42. The van der Waals surface area contributed by atoms with E-state index in [1.165, 1.54) is 11.6 Å². The molecule has 5 heteroatoms. The van der Waals surface area contributed by atoms with Crippen molar-refractivity contribution in [3.63, 3.8) is 0 Å². The molecule has 26 heavy (non-hydrogen) atoms.